The fourth-order valence-electron chi connectivity index (χ4n) is 3.12. The minimum absolute atomic E-state index is 0.0628. The standard InChI is InChI=1S/C20H23NO2Si/c1-20(2,15-13-17(22)14-16-21)24(23,18-9-5-3-6-10-18)19-11-7-4-8-12-19/h3-12,23H,13-15H2,1-2H3. The van der Waals surface area contributed by atoms with E-state index in [2.05, 4.69) is 0 Å². The highest BCUT2D eigenvalue weighted by Gasteiger charge is 2.49. The molecule has 0 aliphatic carbocycles. The lowest BCUT2D eigenvalue weighted by Gasteiger charge is -2.41. The van der Waals surface area contributed by atoms with Crippen LogP contribution in [0.1, 0.15) is 33.1 Å². The van der Waals surface area contributed by atoms with Crippen LogP contribution in [0.2, 0.25) is 5.04 Å². The largest absolute Gasteiger partial charge is 0.424 e. The first kappa shape index (κ1) is 18.1. The molecule has 24 heavy (non-hydrogen) atoms. The summed E-state index contributed by atoms with van der Waals surface area (Å²) in [5, 5.41) is 10.1. The third kappa shape index (κ3) is 3.64. The maximum atomic E-state index is 11.9. The van der Waals surface area contributed by atoms with Gasteiger partial charge < -0.3 is 4.80 Å². The highest BCUT2D eigenvalue weighted by Crippen LogP contribution is 2.39. The molecule has 124 valence electrons. The third-order valence-corrected chi connectivity index (χ3v) is 9.21. The number of hydrogen-bond donors (Lipinski definition) is 1. The number of rotatable bonds is 7. The molecule has 0 bridgehead atoms. The van der Waals surface area contributed by atoms with E-state index >= 15 is 0 Å². The summed E-state index contributed by atoms with van der Waals surface area (Å²) in [6.07, 6.45) is 0.808. The molecule has 0 fully saturated rings. The molecule has 0 radical (unpaired) electrons. The van der Waals surface area contributed by atoms with E-state index < -0.39 is 13.4 Å². The minimum Gasteiger partial charge on any atom is -0.424 e. The van der Waals surface area contributed by atoms with Crippen LogP contribution in [-0.2, 0) is 4.79 Å². The number of benzene rings is 2. The predicted molar refractivity (Wildman–Crippen MR) is 98.6 cm³/mol. The normalized spacial score (nSPS) is 11.8. The lowest BCUT2D eigenvalue weighted by atomic mass is 10.0. The lowest BCUT2D eigenvalue weighted by molar-refractivity contribution is -0.118. The molecule has 2 aromatic rings. The molecule has 2 aromatic carbocycles. The van der Waals surface area contributed by atoms with Gasteiger partial charge in [0, 0.05) is 6.42 Å². The van der Waals surface area contributed by atoms with E-state index in [0.29, 0.717) is 12.8 Å². The van der Waals surface area contributed by atoms with Crippen molar-refractivity contribution in [3.63, 3.8) is 0 Å². The summed E-state index contributed by atoms with van der Waals surface area (Å²) in [6.45, 7) is 4.05. The molecule has 2 rings (SSSR count). The smallest absolute Gasteiger partial charge is 0.258 e. The van der Waals surface area contributed by atoms with Gasteiger partial charge in [-0.25, -0.2) is 0 Å². The maximum absolute atomic E-state index is 11.9. The van der Waals surface area contributed by atoms with Crippen LogP contribution in [0.3, 0.4) is 0 Å². The Labute approximate surface area is 144 Å². The van der Waals surface area contributed by atoms with E-state index in [1.165, 1.54) is 0 Å². The van der Waals surface area contributed by atoms with Crippen LogP contribution in [0.15, 0.2) is 60.7 Å². The number of carbonyl (C=O) groups is 1. The zero-order valence-corrected chi connectivity index (χ0v) is 15.2. The van der Waals surface area contributed by atoms with Gasteiger partial charge in [0.15, 0.2) is 0 Å². The topological polar surface area (TPSA) is 61.1 Å². The van der Waals surface area contributed by atoms with Crippen LogP contribution in [-0.4, -0.2) is 18.9 Å². The number of ketones is 1. The van der Waals surface area contributed by atoms with Crippen molar-refractivity contribution in [2.24, 2.45) is 0 Å². The first-order valence-electron chi connectivity index (χ1n) is 8.14. The first-order valence-corrected chi connectivity index (χ1v) is 10.1. The second kappa shape index (κ2) is 7.56. The van der Waals surface area contributed by atoms with E-state index in [1.54, 1.807) is 0 Å². The molecule has 0 spiro atoms. The van der Waals surface area contributed by atoms with E-state index in [9.17, 15) is 9.59 Å². The number of nitrogens with zero attached hydrogens (tertiary/aromatic N) is 1. The van der Waals surface area contributed by atoms with Gasteiger partial charge in [0.2, 0.25) is 0 Å². The number of Topliss-reactive ketones (excluding diaryl/α,β-unsaturated/α-hetero) is 1. The van der Waals surface area contributed by atoms with Crippen molar-refractivity contribution >= 4 is 24.5 Å². The number of hydrogen-bond acceptors (Lipinski definition) is 3. The van der Waals surface area contributed by atoms with Crippen LogP contribution < -0.4 is 10.4 Å². The Hall–Kier alpha value is -2.22. The van der Waals surface area contributed by atoms with Gasteiger partial charge >= 0.3 is 0 Å². The van der Waals surface area contributed by atoms with Crippen LogP contribution in [0.25, 0.3) is 0 Å². The lowest BCUT2D eigenvalue weighted by Crippen LogP contribution is -2.65. The van der Waals surface area contributed by atoms with Gasteiger partial charge in [-0.05, 0) is 21.8 Å². The fraction of sp³-hybridized carbons (Fsp3) is 0.300. The van der Waals surface area contributed by atoms with Crippen LogP contribution in [0.5, 0.6) is 0 Å². The average molecular weight is 337 g/mol. The molecule has 3 nitrogen and oxygen atoms in total. The van der Waals surface area contributed by atoms with Crippen molar-refractivity contribution in [1.29, 1.82) is 5.26 Å². The first-order chi connectivity index (χ1) is 11.4. The molecule has 0 unspecified atom stereocenters. The van der Waals surface area contributed by atoms with E-state index in [0.717, 1.165) is 10.4 Å². The summed E-state index contributed by atoms with van der Waals surface area (Å²) in [6, 6.07) is 21.4. The predicted octanol–water partition coefficient (Wildman–Crippen LogP) is 2.78. The van der Waals surface area contributed by atoms with E-state index in [-0.39, 0.29) is 12.2 Å². The SMILES string of the molecule is CC(C)(CCC(=O)CC#N)[Si](O)(c1ccccc1)c1ccccc1. The molecule has 0 heterocycles. The molecule has 4 heteroatoms. The maximum Gasteiger partial charge on any atom is 0.258 e. The summed E-state index contributed by atoms with van der Waals surface area (Å²) in [5.74, 6) is -0.0666. The van der Waals surface area contributed by atoms with Gasteiger partial charge in [0.25, 0.3) is 8.32 Å². The Kier molecular flexibility index (Phi) is 5.71. The average Bonchev–Trinajstić information content (AvgIpc) is 2.61. The fourth-order valence-corrected chi connectivity index (χ4v) is 6.85. The second-order valence-corrected chi connectivity index (χ2v) is 10.6. The second-order valence-electron chi connectivity index (χ2n) is 6.70. The minimum atomic E-state index is -3.05. The van der Waals surface area contributed by atoms with Gasteiger partial charge in [-0.15, -0.1) is 0 Å². The van der Waals surface area contributed by atoms with Crippen LogP contribution in [0.4, 0.5) is 0 Å². The van der Waals surface area contributed by atoms with Gasteiger partial charge in [-0.3, -0.25) is 4.79 Å². The number of nitriles is 1. The van der Waals surface area contributed by atoms with Crippen molar-refractivity contribution in [3.8, 4) is 6.07 Å². The molecule has 0 atom stereocenters. The van der Waals surface area contributed by atoms with Crippen LogP contribution >= 0.6 is 0 Å². The van der Waals surface area contributed by atoms with Gasteiger partial charge in [0.1, 0.15) is 5.78 Å². The molecule has 0 aliphatic heterocycles. The van der Waals surface area contributed by atoms with Gasteiger partial charge in [0.05, 0.1) is 12.5 Å². The van der Waals surface area contributed by atoms with Gasteiger partial charge in [-0.1, -0.05) is 74.5 Å². The molecule has 0 saturated heterocycles. The number of carbonyl (C=O) groups excluding carboxylic acids is 1. The third-order valence-electron chi connectivity index (χ3n) is 4.67. The van der Waals surface area contributed by atoms with Crippen molar-refractivity contribution in [1.82, 2.24) is 0 Å². The van der Waals surface area contributed by atoms with E-state index in [4.69, 9.17) is 5.26 Å². The van der Waals surface area contributed by atoms with Gasteiger partial charge in [-0.2, -0.15) is 5.26 Å². The molecule has 0 aliphatic rings. The zero-order chi connectivity index (χ0) is 17.6. The summed E-state index contributed by atoms with van der Waals surface area (Å²) < 4.78 is 0. The van der Waals surface area contributed by atoms with E-state index in [1.807, 2.05) is 80.6 Å². The monoisotopic (exact) mass is 337 g/mol. The molecule has 1 N–H and O–H groups in total. The van der Waals surface area contributed by atoms with Crippen LogP contribution in [0, 0.1) is 11.3 Å². The molecule has 0 saturated carbocycles. The Bertz CT molecular complexity index is 681. The highest BCUT2D eigenvalue weighted by atomic mass is 28.4. The Morgan fingerprint density at radius 3 is 1.92 bits per heavy atom. The zero-order valence-electron chi connectivity index (χ0n) is 14.2. The van der Waals surface area contributed by atoms with Crippen molar-refractivity contribution in [3.05, 3.63) is 60.7 Å². The summed E-state index contributed by atoms with van der Waals surface area (Å²) in [7, 11) is -3.05. The summed E-state index contributed by atoms with van der Waals surface area (Å²) in [5.41, 5.74) is 0. The Morgan fingerprint density at radius 1 is 1.04 bits per heavy atom. The van der Waals surface area contributed by atoms with Crippen molar-refractivity contribution < 1.29 is 9.59 Å². The van der Waals surface area contributed by atoms with Crippen molar-refractivity contribution in [2.45, 2.75) is 38.1 Å². The molecular formula is C20H23NO2Si. The van der Waals surface area contributed by atoms with Crippen molar-refractivity contribution in [2.75, 3.05) is 0 Å². The Morgan fingerprint density at radius 2 is 1.50 bits per heavy atom. The summed E-state index contributed by atoms with van der Waals surface area (Å²) in [4.78, 5) is 23.7. The quantitative estimate of drug-likeness (QED) is 0.790. The Balaban J connectivity index is 2.43. The molecule has 0 aromatic heterocycles. The highest BCUT2D eigenvalue weighted by molar-refractivity contribution is 6.98. The molecule has 0 amide bonds. The molecular weight excluding hydrogens is 314 g/mol. The summed E-state index contributed by atoms with van der Waals surface area (Å²) >= 11 is 0.